The van der Waals surface area contributed by atoms with Crippen molar-refractivity contribution in [1.29, 1.82) is 0 Å². The first-order chi connectivity index (χ1) is 9.11. The van der Waals surface area contributed by atoms with Crippen LogP contribution in [0, 0.1) is 18.8 Å². The molecule has 0 aliphatic heterocycles. The molecule has 1 fully saturated rings. The molecule has 0 aromatic carbocycles. The lowest BCUT2D eigenvalue weighted by Crippen LogP contribution is -2.25. The van der Waals surface area contributed by atoms with Crippen LogP contribution in [0.15, 0.2) is 10.5 Å². The third-order valence-electron chi connectivity index (χ3n) is 4.50. The summed E-state index contributed by atoms with van der Waals surface area (Å²) in [6, 6.07) is 2.44. The quantitative estimate of drug-likeness (QED) is 0.716. The first-order valence-corrected chi connectivity index (χ1v) is 9.24. The van der Waals surface area contributed by atoms with E-state index in [1.165, 1.54) is 59.2 Å². The van der Waals surface area contributed by atoms with Crippen LogP contribution in [0.1, 0.15) is 67.7 Å². The van der Waals surface area contributed by atoms with Crippen LogP contribution in [0.2, 0.25) is 0 Å². The molecule has 1 aromatic rings. The number of thiophene rings is 1. The highest BCUT2D eigenvalue weighted by atomic mass is 79.9. The monoisotopic (exact) mass is 343 g/mol. The molecular weight excluding hydrogens is 318 g/mol. The van der Waals surface area contributed by atoms with Crippen LogP contribution in [-0.4, -0.2) is 0 Å². The molecule has 1 unspecified atom stereocenters. The predicted octanol–water partition coefficient (Wildman–Crippen LogP) is 5.82. The summed E-state index contributed by atoms with van der Waals surface area (Å²) in [6.45, 7) is 4.45. The lowest BCUT2D eigenvalue weighted by molar-refractivity contribution is 0.233. The number of aryl methyl sites for hydroxylation is 1. The van der Waals surface area contributed by atoms with Gasteiger partial charge in [0.25, 0.3) is 0 Å². The van der Waals surface area contributed by atoms with Crippen molar-refractivity contribution in [2.45, 2.75) is 64.8 Å². The van der Waals surface area contributed by atoms with E-state index in [-0.39, 0.29) is 6.04 Å². The zero-order valence-corrected chi connectivity index (χ0v) is 14.5. The van der Waals surface area contributed by atoms with Crippen molar-refractivity contribution in [3.8, 4) is 0 Å². The average Bonchev–Trinajstić information content (AvgIpc) is 2.75. The van der Waals surface area contributed by atoms with Crippen molar-refractivity contribution in [2.75, 3.05) is 0 Å². The maximum Gasteiger partial charge on any atom is 0.0429 e. The Morgan fingerprint density at radius 2 is 2.05 bits per heavy atom. The third-order valence-corrected chi connectivity index (χ3v) is 6.57. The highest BCUT2D eigenvalue weighted by Crippen LogP contribution is 2.41. The van der Waals surface area contributed by atoms with Crippen molar-refractivity contribution in [3.63, 3.8) is 0 Å². The minimum atomic E-state index is 0.236. The summed E-state index contributed by atoms with van der Waals surface area (Å²) < 4.78 is 1.22. The second-order valence-electron chi connectivity index (χ2n) is 6.02. The molecule has 1 aliphatic rings. The molecule has 1 atom stereocenters. The summed E-state index contributed by atoms with van der Waals surface area (Å²) in [6.07, 6.45) is 9.58. The van der Waals surface area contributed by atoms with Gasteiger partial charge in [-0.25, -0.2) is 0 Å². The summed E-state index contributed by atoms with van der Waals surface area (Å²) in [4.78, 5) is 2.71. The number of rotatable bonds is 5. The van der Waals surface area contributed by atoms with Crippen LogP contribution in [0.4, 0.5) is 0 Å². The van der Waals surface area contributed by atoms with Crippen molar-refractivity contribution < 1.29 is 0 Å². The topological polar surface area (TPSA) is 26.0 Å². The third kappa shape index (κ3) is 4.05. The molecule has 1 aliphatic carbocycles. The minimum Gasteiger partial charge on any atom is -0.323 e. The predicted molar refractivity (Wildman–Crippen MR) is 88.7 cm³/mol. The van der Waals surface area contributed by atoms with Crippen molar-refractivity contribution in [1.82, 2.24) is 0 Å². The Morgan fingerprint density at radius 1 is 1.37 bits per heavy atom. The average molecular weight is 344 g/mol. The summed E-state index contributed by atoms with van der Waals surface area (Å²) in [5.74, 6) is 1.66. The second kappa shape index (κ2) is 7.24. The molecule has 3 heteroatoms. The molecule has 0 radical (unpaired) electrons. The van der Waals surface area contributed by atoms with Crippen molar-refractivity contribution in [3.05, 3.63) is 20.3 Å². The summed E-state index contributed by atoms with van der Waals surface area (Å²) in [5, 5.41) is 0. The van der Waals surface area contributed by atoms with Gasteiger partial charge in [0.2, 0.25) is 0 Å². The Hall–Kier alpha value is 0.140. The molecule has 1 aromatic heterocycles. The van der Waals surface area contributed by atoms with E-state index in [0.29, 0.717) is 5.92 Å². The molecule has 0 bridgehead atoms. The molecule has 1 nitrogen and oxygen atoms in total. The molecule has 0 amide bonds. The lowest BCUT2D eigenvalue weighted by atomic mass is 9.77. The van der Waals surface area contributed by atoms with Crippen molar-refractivity contribution in [2.24, 2.45) is 17.6 Å². The maximum absolute atomic E-state index is 6.51. The van der Waals surface area contributed by atoms with Crippen LogP contribution in [-0.2, 0) is 0 Å². The largest absolute Gasteiger partial charge is 0.323 e. The van der Waals surface area contributed by atoms with E-state index in [1.54, 1.807) is 0 Å². The van der Waals surface area contributed by atoms with Gasteiger partial charge in [-0.05, 0) is 53.6 Å². The number of unbranched alkanes of at least 4 members (excludes halogenated alkanes) is 1. The van der Waals surface area contributed by atoms with E-state index in [2.05, 4.69) is 35.8 Å². The van der Waals surface area contributed by atoms with Crippen LogP contribution in [0.3, 0.4) is 0 Å². The molecule has 1 saturated carbocycles. The van der Waals surface area contributed by atoms with E-state index in [1.807, 2.05) is 11.3 Å². The lowest BCUT2D eigenvalue weighted by Gasteiger charge is -2.32. The molecule has 0 saturated heterocycles. The summed E-state index contributed by atoms with van der Waals surface area (Å²) >= 11 is 5.52. The van der Waals surface area contributed by atoms with Crippen LogP contribution >= 0.6 is 27.3 Å². The number of hydrogen-bond acceptors (Lipinski definition) is 2. The van der Waals surface area contributed by atoms with Gasteiger partial charge in [0.15, 0.2) is 0 Å². The van der Waals surface area contributed by atoms with Gasteiger partial charge in [-0.15, -0.1) is 11.3 Å². The normalized spacial score (nSPS) is 25.5. The zero-order valence-electron chi connectivity index (χ0n) is 12.1. The highest BCUT2D eigenvalue weighted by Gasteiger charge is 2.28. The van der Waals surface area contributed by atoms with E-state index < -0.39 is 0 Å². The smallest absolute Gasteiger partial charge is 0.0429 e. The van der Waals surface area contributed by atoms with Crippen LogP contribution in [0.25, 0.3) is 0 Å². The Labute approximate surface area is 130 Å². The molecule has 1 heterocycles. The summed E-state index contributed by atoms with van der Waals surface area (Å²) in [5.41, 5.74) is 6.51. The number of halogens is 1. The molecular formula is C16H26BrNS. The van der Waals surface area contributed by atoms with E-state index in [4.69, 9.17) is 5.73 Å². The van der Waals surface area contributed by atoms with Gasteiger partial charge in [-0.2, -0.15) is 0 Å². The molecule has 0 spiro atoms. The molecule has 19 heavy (non-hydrogen) atoms. The van der Waals surface area contributed by atoms with E-state index in [9.17, 15) is 0 Å². The van der Waals surface area contributed by atoms with Gasteiger partial charge in [0.05, 0.1) is 0 Å². The maximum atomic E-state index is 6.51. The van der Waals surface area contributed by atoms with Gasteiger partial charge in [-0.1, -0.05) is 39.0 Å². The minimum absolute atomic E-state index is 0.236. The molecule has 108 valence electrons. The fraction of sp³-hybridized carbons (Fsp3) is 0.750. The standard InChI is InChI=1S/C16H26BrNS/c1-3-4-5-12-6-8-13(9-7-12)15(18)16-14(17)10-11(2)19-16/h10,12-13,15H,3-9,18H2,1-2H3. The molecule has 2 N–H and O–H groups in total. The Kier molecular flexibility index (Phi) is 5.91. The second-order valence-corrected chi connectivity index (χ2v) is 8.16. The van der Waals surface area contributed by atoms with Gasteiger partial charge < -0.3 is 5.73 Å². The van der Waals surface area contributed by atoms with Crippen LogP contribution in [0.5, 0.6) is 0 Å². The van der Waals surface area contributed by atoms with Crippen LogP contribution < -0.4 is 5.73 Å². The zero-order chi connectivity index (χ0) is 13.8. The summed E-state index contributed by atoms with van der Waals surface area (Å²) in [7, 11) is 0. The van der Waals surface area contributed by atoms with E-state index >= 15 is 0 Å². The Balaban J connectivity index is 1.89. The fourth-order valence-electron chi connectivity index (χ4n) is 3.27. The van der Waals surface area contributed by atoms with Gasteiger partial charge in [0, 0.05) is 20.3 Å². The highest BCUT2D eigenvalue weighted by molar-refractivity contribution is 9.10. The van der Waals surface area contributed by atoms with Gasteiger partial charge in [-0.3, -0.25) is 0 Å². The Morgan fingerprint density at radius 3 is 2.58 bits per heavy atom. The first-order valence-electron chi connectivity index (χ1n) is 7.63. The van der Waals surface area contributed by atoms with Gasteiger partial charge >= 0.3 is 0 Å². The number of nitrogens with two attached hydrogens (primary N) is 1. The Bertz CT molecular complexity index is 393. The fourth-order valence-corrected chi connectivity index (χ4v) is 5.28. The SMILES string of the molecule is CCCCC1CCC(C(N)c2sc(C)cc2Br)CC1. The van der Waals surface area contributed by atoms with E-state index in [0.717, 1.165) is 5.92 Å². The number of hydrogen-bond donors (Lipinski definition) is 1. The first kappa shape index (κ1) is 15.5. The van der Waals surface area contributed by atoms with Gasteiger partial charge in [0.1, 0.15) is 0 Å². The van der Waals surface area contributed by atoms with Crippen molar-refractivity contribution >= 4 is 27.3 Å². The molecule has 2 rings (SSSR count).